The highest BCUT2D eigenvalue weighted by molar-refractivity contribution is 6.94. The van der Waals surface area contributed by atoms with Crippen LogP contribution in [0, 0.1) is 0 Å². The number of rotatable bonds is 4. The van der Waals surface area contributed by atoms with Gasteiger partial charge in [0.25, 0.3) is 0 Å². The summed E-state index contributed by atoms with van der Waals surface area (Å²) in [6.45, 7) is 17.9. The molecule has 6 rings (SSSR count). The zero-order valence-electron chi connectivity index (χ0n) is 21.7. The third-order valence-corrected chi connectivity index (χ3v) is 13.9. The Morgan fingerprint density at radius 3 is 1.14 bits per heavy atom. The van der Waals surface area contributed by atoms with Gasteiger partial charge in [0, 0.05) is 0 Å². The smallest absolute Gasteiger partial charge is 0.103 e. The number of benzene rings is 6. The summed E-state index contributed by atoms with van der Waals surface area (Å²) < 4.78 is 0. The summed E-state index contributed by atoms with van der Waals surface area (Å²) in [6.07, 6.45) is 0. The Kier molecular flexibility index (Phi) is 5.12. The van der Waals surface area contributed by atoms with E-state index in [9.17, 15) is 0 Å². The molecule has 0 aliphatic carbocycles. The minimum atomic E-state index is -1.73. The van der Waals surface area contributed by atoms with E-state index < -0.39 is 16.1 Å². The van der Waals surface area contributed by atoms with E-state index in [1.54, 1.807) is 0 Å². The Bertz CT molecular complexity index is 1730. The predicted molar refractivity (Wildman–Crippen MR) is 169 cm³/mol. The highest BCUT2D eigenvalue weighted by Gasteiger charge is 2.23. The SMILES string of the molecule is C=C[Si](C)(C)c1ccc2c3ccccc3c3c4cc([Si](C)(C)C=C)ccc4c4ccccc4c3c2c1. The van der Waals surface area contributed by atoms with Gasteiger partial charge in [-0.3, -0.25) is 0 Å². The summed E-state index contributed by atoms with van der Waals surface area (Å²) in [5.74, 6) is 0. The molecule has 6 aromatic rings. The number of fused-ring (bicyclic) bond motifs is 11. The number of hydrogen-bond acceptors (Lipinski definition) is 0. The fourth-order valence-electron chi connectivity index (χ4n) is 5.71. The van der Waals surface area contributed by atoms with Crippen LogP contribution < -0.4 is 10.4 Å². The quantitative estimate of drug-likeness (QED) is 0.169. The van der Waals surface area contributed by atoms with Gasteiger partial charge in [0.1, 0.15) is 16.1 Å². The molecular formula is C34H32Si2. The van der Waals surface area contributed by atoms with Gasteiger partial charge in [0.2, 0.25) is 0 Å². The van der Waals surface area contributed by atoms with Crippen molar-refractivity contribution in [2.45, 2.75) is 26.2 Å². The zero-order valence-corrected chi connectivity index (χ0v) is 23.7. The van der Waals surface area contributed by atoms with E-state index in [1.165, 1.54) is 64.2 Å². The van der Waals surface area contributed by atoms with Crippen molar-refractivity contribution in [2.75, 3.05) is 0 Å². The summed E-state index contributed by atoms with van der Waals surface area (Å²) in [5.41, 5.74) is 4.39. The van der Waals surface area contributed by atoms with Crippen LogP contribution in [0.2, 0.25) is 26.2 Å². The van der Waals surface area contributed by atoms with Crippen LogP contribution in [0.15, 0.2) is 109 Å². The van der Waals surface area contributed by atoms with Gasteiger partial charge in [-0.05, 0) is 53.9 Å². The Balaban J connectivity index is 1.96. The van der Waals surface area contributed by atoms with E-state index in [0.29, 0.717) is 0 Å². The molecule has 176 valence electrons. The first kappa shape index (κ1) is 23.0. The van der Waals surface area contributed by atoms with Gasteiger partial charge in [-0.1, -0.05) is 133 Å². The fourth-order valence-corrected chi connectivity index (χ4v) is 8.24. The first-order valence-corrected chi connectivity index (χ1v) is 18.9. The van der Waals surface area contributed by atoms with E-state index in [4.69, 9.17) is 0 Å². The molecule has 36 heavy (non-hydrogen) atoms. The van der Waals surface area contributed by atoms with Gasteiger partial charge in [0.15, 0.2) is 0 Å². The minimum absolute atomic E-state index is 1.33. The largest absolute Gasteiger partial charge is 0.107 e. The molecule has 0 fully saturated rings. The van der Waals surface area contributed by atoms with Gasteiger partial charge in [-0.25, -0.2) is 0 Å². The van der Waals surface area contributed by atoms with Crippen molar-refractivity contribution in [3.8, 4) is 0 Å². The molecule has 0 heterocycles. The molecule has 0 aromatic heterocycles. The highest BCUT2D eigenvalue weighted by Crippen LogP contribution is 2.43. The van der Waals surface area contributed by atoms with Gasteiger partial charge in [0.05, 0.1) is 0 Å². The minimum Gasteiger partial charge on any atom is -0.107 e. The molecule has 6 aromatic carbocycles. The molecule has 0 spiro atoms. The molecular weight excluding hydrogens is 465 g/mol. The van der Waals surface area contributed by atoms with Crippen LogP contribution in [0.3, 0.4) is 0 Å². The monoisotopic (exact) mass is 496 g/mol. The van der Waals surface area contributed by atoms with Crippen LogP contribution >= 0.6 is 0 Å². The van der Waals surface area contributed by atoms with Crippen molar-refractivity contribution in [1.82, 2.24) is 0 Å². The van der Waals surface area contributed by atoms with Crippen LogP contribution in [-0.2, 0) is 0 Å². The van der Waals surface area contributed by atoms with Gasteiger partial charge in [-0.15, -0.1) is 13.2 Å². The van der Waals surface area contributed by atoms with Gasteiger partial charge >= 0.3 is 0 Å². The Morgan fingerprint density at radius 1 is 0.444 bits per heavy atom. The summed E-state index contributed by atoms with van der Waals surface area (Å²) in [6, 6.07) is 32.3. The molecule has 0 radical (unpaired) electrons. The lowest BCUT2D eigenvalue weighted by atomic mass is 9.87. The van der Waals surface area contributed by atoms with Crippen molar-refractivity contribution >= 4 is 80.4 Å². The molecule has 0 bridgehead atoms. The maximum Gasteiger partial charge on any atom is 0.103 e. The predicted octanol–water partition coefficient (Wildman–Crippen LogP) is 8.73. The molecule has 0 saturated carbocycles. The van der Waals surface area contributed by atoms with Gasteiger partial charge in [-0.2, -0.15) is 0 Å². The highest BCUT2D eigenvalue weighted by atomic mass is 28.3. The average Bonchev–Trinajstić information content (AvgIpc) is 2.92. The van der Waals surface area contributed by atoms with E-state index in [2.05, 4.69) is 136 Å². The van der Waals surface area contributed by atoms with Crippen LogP contribution in [-0.4, -0.2) is 16.1 Å². The van der Waals surface area contributed by atoms with E-state index in [-0.39, 0.29) is 0 Å². The molecule has 0 atom stereocenters. The van der Waals surface area contributed by atoms with Crippen molar-refractivity contribution in [3.63, 3.8) is 0 Å². The van der Waals surface area contributed by atoms with Gasteiger partial charge < -0.3 is 0 Å². The summed E-state index contributed by atoms with van der Waals surface area (Å²) in [4.78, 5) is 0. The summed E-state index contributed by atoms with van der Waals surface area (Å²) >= 11 is 0. The second kappa shape index (κ2) is 8.02. The summed E-state index contributed by atoms with van der Waals surface area (Å²) in [7, 11) is -3.45. The lowest BCUT2D eigenvalue weighted by Gasteiger charge is -2.22. The van der Waals surface area contributed by atoms with Crippen molar-refractivity contribution in [2.24, 2.45) is 0 Å². The van der Waals surface area contributed by atoms with Crippen molar-refractivity contribution in [1.29, 1.82) is 0 Å². The van der Waals surface area contributed by atoms with Crippen LogP contribution in [0.1, 0.15) is 0 Å². The lowest BCUT2D eigenvalue weighted by molar-refractivity contribution is 1.76. The van der Waals surface area contributed by atoms with Crippen molar-refractivity contribution < 1.29 is 0 Å². The van der Waals surface area contributed by atoms with E-state index >= 15 is 0 Å². The van der Waals surface area contributed by atoms with Crippen LogP contribution in [0.25, 0.3) is 53.9 Å². The topological polar surface area (TPSA) is 0 Å². The maximum absolute atomic E-state index is 4.19. The zero-order chi connectivity index (χ0) is 25.2. The lowest BCUT2D eigenvalue weighted by Crippen LogP contribution is -2.39. The average molecular weight is 497 g/mol. The Labute approximate surface area is 215 Å². The third-order valence-electron chi connectivity index (χ3n) is 8.31. The van der Waals surface area contributed by atoms with E-state index in [1.807, 2.05) is 0 Å². The first-order chi connectivity index (χ1) is 17.3. The normalized spacial score (nSPS) is 12.7. The van der Waals surface area contributed by atoms with Crippen LogP contribution in [0.5, 0.6) is 0 Å². The third kappa shape index (κ3) is 3.25. The van der Waals surface area contributed by atoms with E-state index in [0.717, 1.165) is 0 Å². The molecule has 0 aliphatic heterocycles. The molecule has 0 nitrogen and oxygen atoms in total. The van der Waals surface area contributed by atoms with Crippen LogP contribution in [0.4, 0.5) is 0 Å². The fraction of sp³-hybridized carbons (Fsp3) is 0.118. The molecule has 0 saturated heterocycles. The maximum atomic E-state index is 4.19. The number of hydrogen-bond donors (Lipinski definition) is 0. The Morgan fingerprint density at radius 2 is 0.778 bits per heavy atom. The first-order valence-electron chi connectivity index (χ1n) is 12.8. The standard InChI is InChI=1S/C34H32Si2/c1-7-35(3,4)23-17-19-27-25-13-9-12-16-30(25)34-32-22-24(36(5,6)8-2)18-20-28(32)26-14-10-11-15-29(26)33(34)31(27)21-23/h7-22H,1-2H2,3-6H3. The molecule has 2 heteroatoms. The molecule has 0 N–H and O–H groups in total. The molecule has 0 aliphatic rings. The molecule has 0 unspecified atom stereocenters. The molecule has 0 amide bonds. The Hall–Kier alpha value is -3.47. The van der Waals surface area contributed by atoms with Crippen molar-refractivity contribution in [3.05, 3.63) is 109 Å². The second-order valence-corrected chi connectivity index (χ2v) is 20.1. The summed E-state index contributed by atoms with van der Waals surface area (Å²) in [5, 5.41) is 16.3. The second-order valence-electron chi connectivity index (χ2n) is 11.2.